The van der Waals surface area contributed by atoms with Crippen molar-refractivity contribution in [3.63, 3.8) is 0 Å². The van der Waals surface area contributed by atoms with Gasteiger partial charge in [0.2, 0.25) is 0 Å². The van der Waals surface area contributed by atoms with Crippen LogP contribution in [0.3, 0.4) is 0 Å². The highest BCUT2D eigenvalue weighted by Crippen LogP contribution is 2.31. The zero-order valence-corrected chi connectivity index (χ0v) is 16.4. The van der Waals surface area contributed by atoms with Gasteiger partial charge in [0.15, 0.2) is 23.0 Å². The van der Waals surface area contributed by atoms with Crippen molar-refractivity contribution in [1.29, 1.82) is 0 Å². The molecule has 1 heterocycles. The highest BCUT2D eigenvalue weighted by atomic mass is 16.6. The summed E-state index contributed by atoms with van der Waals surface area (Å²) in [5, 5.41) is 5.12. The summed E-state index contributed by atoms with van der Waals surface area (Å²) in [4.78, 5) is 24.3. The van der Waals surface area contributed by atoms with Gasteiger partial charge >= 0.3 is 11.8 Å². The van der Waals surface area contributed by atoms with E-state index in [1.54, 1.807) is 24.3 Å². The molecule has 0 saturated carbocycles. The van der Waals surface area contributed by atoms with E-state index in [1.165, 1.54) is 0 Å². The van der Waals surface area contributed by atoms with E-state index in [4.69, 9.17) is 18.9 Å². The molecule has 0 spiro atoms. The summed E-state index contributed by atoms with van der Waals surface area (Å²) in [5.41, 5.74) is 0.434. The maximum atomic E-state index is 12.2. The molecule has 3 rings (SSSR count). The van der Waals surface area contributed by atoms with Gasteiger partial charge in [-0.15, -0.1) is 0 Å². The zero-order chi connectivity index (χ0) is 20.6. The van der Waals surface area contributed by atoms with Crippen LogP contribution >= 0.6 is 0 Å². The van der Waals surface area contributed by atoms with Gasteiger partial charge in [0.25, 0.3) is 0 Å². The average molecular weight is 400 g/mol. The Morgan fingerprint density at radius 3 is 2.48 bits per heavy atom. The molecule has 2 N–H and O–H groups in total. The fourth-order valence-corrected chi connectivity index (χ4v) is 2.77. The summed E-state index contributed by atoms with van der Waals surface area (Å²) in [6, 6.07) is 12.2. The summed E-state index contributed by atoms with van der Waals surface area (Å²) in [6.45, 7) is 5.10. The van der Waals surface area contributed by atoms with Crippen molar-refractivity contribution in [3.8, 4) is 23.0 Å². The molecular weight excluding hydrogens is 376 g/mol. The highest BCUT2D eigenvalue weighted by molar-refractivity contribution is 6.39. The van der Waals surface area contributed by atoms with Gasteiger partial charge in [0.1, 0.15) is 12.7 Å². The summed E-state index contributed by atoms with van der Waals surface area (Å²) in [7, 11) is 0. The Labute approximate surface area is 169 Å². The molecule has 0 aromatic heterocycles. The highest BCUT2D eigenvalue weighted by Gasteiger charge is 2.23. The third-order valence-electron chi connectivity index (χ3n) is 4.07. The Balaban J connectivity index is 1.53. The third kappa shape index (κ3) is 5.31. The fraction of sp³-hybridized carbons (Fsp3) is 0.333. The Morgan fingerprint density at radius 2 is 1.72 bits per heavy atom. The largest absolute Gasteiger partial charge is 0.490 e. The van der Waals surface area contributed by atoms with E-state index in [2.05, 4.69) is 10.6 Å². The van der Waals surface area contributed by atoms with Gasteiger partial charge < -0.3 is 29.6 Å². The van der Waals surface area contributed by atoms with E-state index in [0.717, 1.165) is 0 Å². The SMILES string of the molecule is CCOc1ccc(NC(=O)C(=O)NCC2COc3ccccc3O2)cc1OCC. The minimum atomic E-state index is -0.784. The molecule has 1 atom stereocenters. The summed E-state index contributed by atoms with van der Waals surface area (Å²) >= 11 is 0. The molecule has 8 nitrogen and oxygen atoms in total. The van der Waals surface area contributed by atoms with Crippen molar-refractivity contribution >= 4 is 17.5 Å². The second-order valence-corrected chi connectivity index (χ2v) is 6.19. The molecule has 154 valence electrons. The molecule has 0 radical (unpaired) electrons. The number of para-hydroxylation sites is 2. The quantitative estimate of drug-likeness (QED) is 0.693. The molecule has 0 saturated heterocycles. The molecule has 2 amide bonds. The molecule has 8 heteroatoms. The van der Waals surface area contributed by atoms with E-state index in [-0.39, 0.29) is 19.3 Å². The van der Waals surface area contributed by atoms with Crippen molar-refractivity contribution in [3.05, 3.63) is 42.5 Å². The van der Waals surface area contributed by atoms with Crippen LogP contribution in [0.1, 0.15) is 13.8 Å². The van der Waals surface area contributed by atoms with Gasteiger partial charge in [0.05, 0.1) is 19.8 Å². The van der Waals surface area contributed by atoms with Crippen LogP contribution in [0, 0.1) is 0 Å². The fourth-order valence-electron chi connectivity index (χ4n) is 2.77. The minimum Gasteiger partial charge on any atom is -0.490 e. The van der Waals surface area contributed by atoms with Crippen molar-refractivity contribution in [2.45, 2.75) is 20.0 Å². The maximum absolute atomic E-state index is 12.2. The first kappa shape index (κ1) is 20.3. The van der Waals surface area contributed by atoms with Crippen LogP contribution in [-0.2, 0) is 9.59 Å². The van der Waals surface area contributed by atoms with Crippen LogP contribution in [0.15, 0.2) is 42.5 Å². The Hall–Kier alpha value is -3.42. The van der Waals surface area contributed by atoms with E-state index < -0.39 is 11.8 Å². The molecule has 2 aromatic carbocycles. The van der Waals surface area contributed by atoms with Crippen molar-refractivity contribution in [1.82, 2.24) is 5.32 Å². The molecule has 29 heavy (non-hydrogen) atoms. The van der Waals surface area contributed by atoms with Gasteiger partial charge in [-0.3, -0.25) is 9.59 Å². The summed E-state index contributed by atoms with van der Waals surface area (Å²) < 4.78 is 22.4. The number of anilines is 1. The van der Waals surface area contributed by atoms with Crippen molar-refractivity contribution < 1.29 is 28.5 Å². The van der Waals surface area contributed by atoms with E-state index >= 15 is 0 Å². The van der Waals surface area contributed by atoms with Crippen LogP contribution < -0.4 is 29.6 Å². The first-order valence-electron chi connectivity index (χ1n) is 9.48. The standard InChI is InChI=1S/C21H24N2O6/c1-3-26-17-10-9-14(11-19(17)27-4-2)23-21(25)20(24)22-12-15-13-28-16-7-5-6-8-18(16)29-15/h5-11,15H,3-4,12-13H2,1-2H3,(H,22,24)(H,23,25). The molecule has 0 bridgehead atoms. The first-order valence-corrected chi connectivity index (χ1v) is 9.48. The number of carbonyl (C=O) groups is 2. The number of hydrogen-bond acceptors (Lipinski definition) is 6. The van der Waals surface area contributed by atoms with Crippen LogP contribution in [0.25, 0.3) is 0 Å². The topological polar surface area (TPSA) is 95.1 Å². The lowest BCUT2D eigenvalue weighted by Crippen LogP contribution is -2.44. The molecule has 0 aliphatic carbocycles. The van der Waals surface area contributed by atoms with Crippen molar-refractivity contribution in [2.24, 2.45) is 0 Å². The Kier molecular flexibility index (Phi) is 6.78. The number of amides is 2. The van der Waals surface area contributed by atoms with Crippen molar-refractivity contribution in [2.75, 3.05) is 31.7 Å². The third-order valence-corrected chi connectivity index (χ3v) is 4.07. The van der Waals surface area contributed by atoms with Gasteiger partial charge in [-0.2, -0.15) is 0 Å². The molecule has 1 unspecified atom stereocenters. The number of ether oxygens (including phenoxy) is 4. The summed E-state index contributed by atoms with van der Waals surface area (Å²) in [5.74, 6) is 0.798. The lowest BCUT2D eigenvalue weighted by Gasteiger charge is -2.26. The molecule has 0 fully saturated rings. The van der Waals surface area contributed by atoms with Gasteiger partial charge in [-0.25, -0.2) is 0 Å². The number of carbonyl (C=O) groups excluding carboxylic acids is 2. The monoisotopic (exact) mass is 400 g/mol. The molecule has 1 aliphatic rings. The lowest BCUT2D eigenvalue weighted by atomic mass is 10.2. The number of benzene rings is 2. The van der Waals surface area contributed by atoms with Gasteiger partial charge in [-0.1, -0.05) is 12.1 Å². The van der Waals surface area contributed by atoms with Gasteiger partial charge in [-0.05, 0) is 38.1 Å². The number of nitrogens with one attached hydrogen (secondary N) is 2. The first-order chi connectivity index (χ1) is 14.1. The molecule has 1 aliphatic heterocycles. The van der Waals surface area contributed by atoms with E-state index in [9.17, 15) is 9.59 Å². The Morgan fingerprint density at radius 1 is 1.00 bits per heavy atom. The summed E-state index contributed by atoms with van der Waals surface area (Å²) in [6.07, 6.45) is -0.378. The van der Waals surface area contributed by atoms with Crippen LogP contribution in [0.4, 0.5) is 5.69 Å². The second kappa shape index (κ2) is 9.68. The molecule has 2 aromatic rings. The van der Waals surface area contributed by atoms with E-state index in [0.29, 0.717) is 41.9 Å². The number of rotatable bonds is 7. The minimum absolute atomic E-state index is 0.147. The van der Waals surface area contributed by atoms with E-state index in [1.807, 2.05) is 32.0 Å². The number of hydrogen-bond donors (Lipinski definition) is 2. The second-order valence-electron chi connectivity index (χ2n) is 6.19. The Bertz CT molecular complexity index is 870. The smallest absolute Gasteiger partial charge is 0.313 e. The van der Waals surface area contributed by atoms with Crippen LogP contribution in [0.5, 0.6) is 23.0 Å². The predicted octanol–water partition coefficient (Wildman–Crippen LogP) is 2.38. The average Bonchev–Trinajstić information content (AvgIpc) is 2.74. The lowest BCUT2D eigenvalue weighted by molar-refractivity contribution is -0.136. The number of fused-ring (bicyclic) bond motifs is 1. The predicted molar refractivity (Wildman–Crippen MR) is 107 cm³/mol. The maximum Gasteiger partial charge on any atom is 0.313 e. The molecular formula is C21H24N2O6. The van der Waals surface area contributed by atoms with Crippen LogP contribution in [-0.4, -0.2) is 44.3 Å². The normalized spacial score (nSPS) is 14.6. The van der Waals surface area contributed by atoms with Gasteiger partial charge in [0, 0.05) is 11.8 Å². The zero-order valence-electron chi connectivity index (χ0n) is 16.4. The van der Waals surface area contributed by atoms with Crippen LogP contribution in [0.2, 0.25) is 0 Å².